The SMILES string of the molecule is CCOC(=O)NO[C](=O)[BiH2]. The molecule has 0 aromatic carbocycles. The molecular formula is C4H8BiNO4. The summed E-state index contributed by atoms with van der Waals surface area (Å²) in [6.07, 6.45) is -0.739. The van der Waals surface area contributed by atoms with E-state index >= 15 is 0 Å². The second-order valence-electron chi connectivity index (χ2n) is 1.24. The third-order valence-electron chi connectivity index (χ3n) is 0.510. The first-order chi connectivity index (χ1) is 4.66. The number of carbonyl (C=O) groups is 2. The molecule has 0 saturated heterocycles. The summed E-state index contributed by atoms with van der Waals surface area (Å²) < 4.78 is 3.96. The van der Waals surface area contributed by atoms with Crippen LogP contribution >= 0.6 is 0 Å². The third kappa shape index (κ3) is 5.75. The van der Waals surface area contributed by atoms with Gasteiger partial charge in [-0.2, -0.15) is 0 Å². The second-order valence-corrected chi connectivity index (χ2v) is 3.08. The number of ether oxygens (including phenoxy) is 1. The summed E-state index contributed by atoms with van der Waals surface area (Å²) in [5, 5.41) is 0. The summed E-state index contributed by atoms with van der Waals surface area (Å²) in [6, 6.07) is 0. The standard InChI is InChI=1S/C4H6NO4.Bi.2H/c1-2-8-4(7)5-9-3-6;;;/h2H2,1H3,(H,5,7);;;. The van der Waals surface area contributed by atoms with E-state index in [2.05, 4.69) is 9.57 Å². The number of amides is 1. The molecule has 0 aromatic rings. The monoisotopic (exact) mass is 343 g/mol. The molecule has 0 radical (unpaired) electrons. The van der Waals surface area contributed by atoms with Crippen LogP contribution in [0.3, 0.4) is 0 Å². The quantitative estimate of drug-likeness (QED) is 0.511. The van der Waals surface area contributed by atoms with E-state index in [9.17, 15) is 9.59 Å². The maximum absolute atomic E-state index is 10.4. The van der Waals surface area contributed by atoms with E-state index in [1.165, 1.54) is 0 Å². The molecule has 10 heavy (non-hydrogen) atoms. The maximum atomic E-state index is 10.4. The zero-order chi connectivity index (χ0) is 7.98. The van der Waals surface area contributed by atoms with Crippen LogP contribution in [0.2, 0.25) is 0 Å². The van der Waals surface area contributed by atoms with Crippen molar-refractivity contribution in [2.75, 3.05) is 6.61 Å². The Bertz CT molecular complexity index is 137. The predicted octanol–water partition coefficient (Wildman–Crippen LogP) is -0.583. The minimum atomic E-state index is -0.739. The van der Waals surface area contributed by atoms with E-state index < -0.39 is 9.77 Å². The van der Waals surface area contributed by atoms with Crippen molar-refractivity contribution in [1.29, 1.82) is 0 Å². The summed E-state index contributed by atoms with van der Waals surface area (Å²) in [5.74, 6) is 0. The molecule has 0 aliphatic rings. The zero-order valence-electron chi connectivity index (χ0n) is 5.42. The fourth-order valence-corrected chi connectivity index (χ4v) is 0.482. The van der Waals surface area contributed by atoms with E-state index in [4.69, 9.17) is 0 Å². The Labute approximate surface area is 72.9 Å². The summed E-state index contributed by atoms with van der Waals surface area (Å²) in [4.78, 5) is 24.7. The topological polar surface area (TPSA) is 64.6 Å². The molecule has 0 fully saturated rings. The van der Waals surface area contributed by atoms with Crippen molar-refractivity contribution >= 4 is 34.5 Å². The van der Waals surface area contributed by atoms with Crippen LogP contribution in [0.1, 0.15) is 6.92 Å². The Balaban J connectivity index is 3.30. The van der Waals surface area contributed by atoms with Gasteiger partial charge in [-0.15, -0.1) is 0 Å². The van der Waals surface area contributed by atoms with Crippen molar-refractivity contribution in [3.8, 4) is 0 Å². The van der Waals surface area contributed by atoms with Crippen molar-refractivity contribution in [2.24, 2.45) is 0 Å². The Kier molecular flexibility index (Phi) is 5.21. The average Bonchev–Trinajstić information content (AvgIpc) is 1.85. The molecule has 1 amide bonds. The molecule has 0 rings (SSSR count). The van der Waals surface area contributed by atoms with Crippen LogP contribution in [0, 0.1) is 0 Å². The molecule has 0 bridgehead atoms. The molecule has 0 atom stereocenters. The first-order valence-electron chi connectivity index (χ1n) is 2.56. The summed E-state index contributed by atoms with van der Waals surface area (Å²) >= 11 is 0.0620. The molecule has 0 aromatic heterocycles. The van der Waals surface area contributed by atoms with Gasteiger partial charge in [-0.25, -0.2) is 0 Å². The molecule has 58 valence electrons. The van der Waals surface area contributed by atoms with Crippen LogP contribution in [0.25, 0.3) is 0 Å². The molecule has 0 aliphatic heterocycles. The summed E-state index contributed by atoms with van der Waals surface area (Å²) in [6.45, 7) is 1.91. The summed E-state index contributed by atoms with van der Waals surface area (Å²) in [7, 11) is 0. The van der Waals surface area contributed by atoms with Crippen LogP contribution in [-0.2, 0) is 9.57 Å². The fourth-order valence-electron chi connectivity index (χ4n) is 0.253. The first kappa shape index (κ1) is 9.62. The van der Waals surface area contributed by atoms with Crippen molar-refractivity contribution in [1.82, 2.24) is 5.48 Å². The Morgan fingerprint density at radius 1 is 1.60 bits per heavy atom. The molecule has 0 aliphatic carbocycles. The predicted molar refractivity (Wildman–Crippen MR) is 35.2 cm³/mol. The number of hydroxylamine groups is 1. The molecular weight excluding hydrogens is 335 g/mol. The Morgan fingerprint density at radius 3 is 2.60 bits per heavy atom. The van der Waals surface area contributed by atoms with Gasteiger partial charge in [-0.3, -0.25) is 0 Å². The average molecular weight is 343 g/mol. The molecule has 5 nitrogen and oxygen atoms in total. The van der Waals surface area contributed by atoms with Gasteiger partial charge in [0.1, 0.15) is 0 Å². The molecule has 0 unspecified atom stereocenters. The van der Waals surface area contributed by atoms with Crippen LogP contribution < -0.4 is 5.48 Å². The summed E-state index contributed by atoms with van der Waals surface area (Å²) in [5.41, 5.74) is 1.81. The van der Waals surface area contributed by atoms with E-state index in [1.54, 1.807) is 6.92 Å². The Hall–Kier alpha value is -0.377. The minimum absolute atomic E-state index is 0.0620. The fraction of sp³-hybridized carbons (Fsp3) is 0.500. The Morgan fingerprint density at radius 2 is 2.20 bits per heavy atom. The molecule has 0 spiro atoms. The van der Waals surface area contributed by atoms with E-state index in [0.29, 0.717) is 0 Å². The van der Waals surface area contributed by atoms with Crippen LogP contribution in [0.15, 0.2) is 0 Å². The van der Waals surface area contributed by atoms with Gasteiger partial charge in [0.25, 0.3) is 0 Å². The van der Waals surface area contributed by atoms with Gasteiger partial charge in [0.2, 0.25) is 0 Å². The van der Waals surface area contributed by atoms with Gasteiger partial charge >= 0.3 is 72.7 Å². The van der Waals surface area contributed by atoms with Crippen LogP contribution in [-0.4, -0.2) is 41.1 Å². The van der Waals surface area contributed by atoms with Crippen LogP contribution in [0.4, 0.5) is 9.59 Å². The number of hydrogen-bond acceptors (Lipinski definition) is 4. The van der Waals surface area contributed by atoms with E-state index in [1.807, 2.05) is 5.48 Å². The van der Waals surface area contributed by atoms with E-state index in [-0.39, 0.29) is 31.3 Å². The van der Waals surface area contributed by atoms with E-state index in [0.717, 1.165) is 0 Å². The molecule has 0 saturated carbocycles. The molecule has 6 heteroatoms. The zero-order valence-corrected chi connectivity index (χ0v) is 9.91. The number of rotatable bonds is 1. The first-order valence-corrected chi connectivity index (χ1v) is 4.80. The van der Waals surface area contributed by atoms with Gasteiger partial charge in [0.15, 0.2) is 0 Å². The number of nitrogens with one attached hydrogen (secondary N) is 1. The molecule has 0 heterocycles. The van der Waals surface area contributed by atoms with Crippen molar-refractivity contribution < 1.29 is 19.2 Å². The van der Waals surface area contributed by atoms with Crippen molar-refractivity contribution in [3.63, 3.8) is 0 Å². The third-order valence-corrected chi connectivity index (χ3v) is 0.969. The van der Waals surface area contributed by atoms with Gasteiger partial charge in [0.05, 0.1) is 0 Å². The van der Waals surface area contributed by atoms with Gasteiger partial charge in [-0.05, 0) is 0 Å². The second kappa shape index (κ2) is 5.41. The number of hydrogen-bond donors (Lipinski definition) is 1. The van der Waals surface area contributed by atoms with Crippen LogP contribution in [0.5, 0.6) is 0 Å². The van der Waals surface area contributed by atoms with Gasteiger partial charge < -0.3 is 0 Å². The van der Waals surface area contributed by atoms with Crippen molar-refractivity contribution in [3.05, 3.63) is 0 Å². The van der Waals surface area contributed by atoms with Gasteiger partial charge in [-0.1, -0.05) is 0 Å². The van der Waals surface area contributed by atoms with Gasteiger partial charge in [0, 0.05) is 0 Å². The molecule has 1 N–H and O–H groups in total. The van der Waals surface area contributed by atoms with Crippen molar-refractivity contribution in [2.45, 2.75) is 6.92 Å². The normalized spacial score (nSPS) is 8.20. The number of carbonyl (C=O) groups excluding carboxylic acids is 2.